The molecule has 3 rings (SSSR count). The van der Waals surface area contributed by atoms with E-state index in [9.17, 15) is 0 Å². The zero-order valence-electron chi connectivity index (χ0n) is 13.0. The van der Waals surface area contributed by atoms with Crippen molar-refractivity contribution in [2.45, 2.75) is 42.9 Å². The van der Waals surface area contributed by atoms with Crippen molar-refractivity contribution in [2.75, 3.05) is 13.7 Å². The summed E-state index contributed by atoms with van der Waals surface area (Å²) in [5.41, 5.74) is 9.88. The van der Waals surface area contributed by atoms with Gasteiger partial charge in [-0.3, -0.25) is 4.68 Å². The molecule has 0 unspecified atom stereocenters. The minimum absolute atomic E-state index is 0.640. The summed E-state index contributed by atoms with van der Waals surface area (Å²) in [5.74, 6) is 1.85. The van der Waals surface area contributed by atoms with Gasteiger partial charge in [-0.25, -0.2) is 0 Å². The first-order chi connectivity index (χ1) is 10.8. The Bertz CT molecular complexity index is 622. The van der Waals surface area contributed by atoms with Gasteiger partial charge >= 0.3 is 0 Å². The van der Waals surface area contributed by atoms with Crippen LogP contribution in [0.3, 0.4) is 0 Å². The lowest BCUT2D eigenvalue weighted by Crippen LogP contribution is -2.13. The molecule has 4 nitrogen and oxygen atoms in total. The fourth-order valence-electron chi connectivity index (χ4n) is 2.96. The van der Waals surface area contributed by atoms with Crippen LogP contribution in [-0.2, 0) is 25.1 Å². The molecule has 0 radical (unpaired) electrons. The zero-order valence-corrected chi connectivity index (χ0v) is 13.9. The Hall–Kier alpha value is -1.46. The summed E-state index contributed by atoms with van der Waals surface area (Å²) in [6.45, 7) is 1.45. The smallest absolute Gasteiger partial charge is 0.118 e. The molecule has 118 valence electrons. The average Bonchev–Trinajstić information content (AvgIpc) is 2.91. The number of aryl methyl sites for hydroxylation is 1. The number of rotatable bonds is 6. The van der Waals surface area contributed by atoms with Crippen molar-refractivity contribution < 1.29 is 4.74 Å². The summed E-state index contributed by atoms with van der Waals surface area (Å²) in [4.78, 5) is 1.26. The summed E-state index contributed by atoms with van der Waals surface area (Å²) < 4.78 is 7.34. The van der Waals surface area contributed by atoms with Gasteiger partial charge in [0.05, 0.1) is 25.0 Å². The fraction of sp³-hybridized carbons (Fsp3) is 0.471. The Morgan fingerprint density at radius 2 is 2.00 bits per heavy atom. The first-order valence-electron chi connectivity index (χ1n) is 7.86. The Morgan fingerprint density at radius 3 is 2.73 bits per heavy atom. The van der Waals surface area contributed by atoms with E-state index in [0.29, 0.717) is 6.54 Å². The maximum absolute atomic E-state index is 5.75. The van der Waals surface area contributed by atoms with Crippen LogP contribution in [0, 0.1) is 0 Å². The van der Waals surface area contributed by atoms with Gasteiger partial charge in [0.2, 0.25) is 0 Å². The van der Waals surface area contributed by atoms with Crippen LogP contribution >= 0.6 is 11.8 Å². The summed E-state index contributed by atoms with van der Waals surface area (Å²) in [6, 6.07) is 8.24. The molecule has 0 amide bonds. The van der Waals surface area contributed by atoms with E-state index in [-0.39, 0.29) is 0 Å². The molecule has 1 aromatic heterocycles. The second-order valence-corrected chi connectivity index (χ2v) is 6.60. The summed E-state index contributed by atoms with van der Waals surface area (Å²) >= 11 is 1.85. The van der Waals surface area contributed by atoms with Crippen LogP contribution in [-0.4, -0.2) is 23.4 Å². The van der Waals surface area contributed by atoms with Gasteiger partial charge in [-0.05, 0) is 55.5 Å². The molecule has 0 bridgehead atoms. The molecule has 1 aliphatic rings. The molecule has 2 N–H and O–H groups in total. The van der Waals surface area contributed by atoms with Crippen LogP contribution in [0.1, 0.15) is 29.8 Å². The maximum atomic E-state index is 5.75. The number of thioether (sulfide) groups is 1. The molecule has 0 atom stereocenters. The third kappa shape index (κ3) is 3.31. The van der Waals surface area contributed by atoms with Crippen LogP contribution in [0.2, 0.25) is 0 Å². The molecule has 22 heavy (non-hydrogen) atoms. The van der Waals surface area contributed by atoms with Crippen molar-refractivity contribution in [3.05, 3.63) is 41.2 Å². The number of hydrogen-bond acceptors (Lipinski definition) is 4. The van der Waals surface area contributed by atoms with Crippen LogP contribution < -0.4 is 10.5 Å². The molecule has 0 saturated carbocycles. The highest BCUT2D eigenvalue weighted by Gasteiger charge is 2.20. The maximum Gasteiger partial charge on any atom is 0.118 e. The number of methoxy groups -OCH3 is 1. The van der Waals surface area contributed by atoms with Gasteiger partial charge in [-0.1, -0.05) is 0 Å². The van der Waals surface area contributed by atoms with E-state index in [2.05, 4.69) is 16.8 Å². The molecule has 5 heteroatoms. The highest BCUT2D eigenvalue weighted by molar-refractivity contribution is 7.98. The van der Waals surface area contributed by atoms with Gasteiger partial charge < -0.3 is 10.5 Å². The van der Waals surface area contributed by atoms with Gasteiger partial charge in [-0.2, -0.15) is 5.10 Å². The average molecular weight is 317 g/mol. The lowest BCUT2D eigenvalue weighted by atomic mass is 9.96. The number of fused-ring (bicyclic) bond motifs is 1. The fourth-order valence-corrected chi connectivity index (χ4v) is 3.92. The van der Waals surface area contributed by atoms with Crippen molar-refractivity contribution >= 4 is 11.8 Å². The first-order valence-corrected chi connectivity index (χ1v) is 8.84. The van der Waals surface area contributed by atoms with E-state index in [1.54, 1.807) is 7.11 Å². The minimum atomic E-state index is 0.640. The van der Waals surface area contributed by atoms with Crippen LogP contribution in [0.5, 0.6) is 5.75 Å². The van der Waals surface area contributed by atoms with E-state index in [1.807, 2.05) is 23.9 Å². The Balaban J connectivity index is 1.76. The number of benzene rings is 1. The molecular weight excluding hydrogens is 294 g/mol. The molecule has 1 aliphatic carbocycles. The summed E-state index contributed by atoms with van der Waals surface area (Å²) in [7, 11) is 1.69. The van der Waals surface area contributed by atoms with Gasteiger partial charge in [0, 0.05) is 17.2 Å². The SMILES string of the molecule is COc1ccc(SCc2c3c(nn2CCN)CCCC3)cc1. The van der Waals surface area contributed by atoms with E-state index >= 15 is 0 Å². The van der Waals surface area contributed by atoms with Gasteiger partial charge in [0.15, 0.2) is 0 Å². The highest BCUT2D eigenvalue weighted by Crippen LogP contribution is 2.30. The predicted molar refractivity (Wildman–Crippen MR) is 90.5 cm³/mol. The molecule has 1 heterocycles. The number of nitrogens with two attached hydrogens (primary N) is 1. The minimum Gasteiger partial charge on any atom is -0.497 e. The van der Waals surface area contributed by atoms with Gasteiger partial charge in [0.1, 0.15) is 5.75 Å². The van der Waals surface area contributed by atoms with Gasteiger partial charge in [-0.15, -0.1) is 11.8 Å². The van der Waals surface area contributed by atoms with Gasteiger partial charge in [0.25, 0.3) is 0 Å². The molecule has 0 aliphatic heterocycles. The Labute approximate surface area is 136 Å². The molecule has 0 saturated heterocycles. The highest BCUT2D eigenvalue weighted by atomic mass is 32.2. The topological polar surface area (TPSA) is 53.1 Å². The number of hydrogen-bond donors (Lipinski definition) is 1. The molecule has 0 spiro atoms. The molecule has 1 aromatic carbocycles. The standard InChI is InChI=1S/C17H23N3OS/c1-21-13-6-8-14(9-7-13)22-12-17-15-4-2-3-5-16(15)19-20(17)11-10-18/h6-9H,2-5,10-12,18H2,1H3. The van der Waals surface area contributed by atoms with Crippen LogP contribution in [0.4, 0.5) is 0 Å². The largest absolute Gasteiger partial charge is 0.497 e. The van der Waals surface area contributed by atoms with Crippen molar-refractivity contribution in [3.8, 4) is 5.75 Å². The van der Waals surface area contributed by atoms with Crippen molar-refractivity contribution in [2.24, 2.45) is 5.73 Å². The molecule has 0 fully saturated rings. The normalized spacial score (nSPS) is 13.9. The van der Waals surface area contributed by atoms with E-state index in [1.165, 1.54) is 41.1 Å². The number of nitrogens with zero attached hydrogens (tertiary/aromatic N) is 2. The first kappa shape index (κ1) is 15.4. The third-order valence-electron chi connectivity index (χ3n) is 4.12. The lowest BCUT2D eigenvalue weighted by Gasteiger charge is -2.12. The Morgan fingerprint density at radius 1 is 1.23 bits per heavy atom. The lowest BCUT2D eigenvalue weighted by molar-refractivity contribution is 0.414. The second kappa shape index (κ2) is 7.20. The summed E-state index contributed by atoms with van der Waals surface area (Å²) in [6.07, 6.45) is 4.82. The number of aromatic nitrogens is 2. The van der Waals surface area contributed by atoms with Crippen LogP contribution in [0.25, 0.3) is 0 Å². The summed E-state index contributed by atoms with van der Waals surface area (Å²) in [5, 5.41) is 4.78. The van der Waals surface area contributed by atoms with Crippen molar-refractivity contribution in [3.63, 3.8) is 0 Å². The number of ether oxygens (including phenoxy) is 1. The monoisotopic (exact) mass is 317 g/mol. The second-order valence-electron chi connectivity index (χ2n) is 5.56. The van der Waals surface area contributed by atoms with Crippen LogP contribution in [0.15, 0.2) is 29.2 Å². The predicted octanol–water partition coefficient (Wildman–Crippen LogP) is 3.02. The van der Waals surface area contributed by atoms with E-state index in [0.717, 1.165) is 24.5 Å². The zero-order chi connectivity index (χ0) is 15.4. The van der Waals surface area contributed by atoms with E-state index in [4.69, 9.17) is 15.6 Å². The molecule has 2 aromatic rings. The van der Waals surface area contributed by atoms with E-state index < -0.39 is 0 Å². The Kier molecular flexibility index (Phi) is 5.05. The quantitative estimate of drug-likeness (QED) is 0.832. The van der Waals surface area contributed by atoms with Crippen molar-refractivity contribution in [1.82, 2.24) is 9.78 Å². The third-order valence-corrected chi connectivity index (χ3v) is 5.14. The van der Waals surface area contributed by atoms with Crippen molar-refractivity contribution in [1.29, 1.82) is 0 Å². The molecular formula is C17H23N3OS.